The van der Waals surface area contributed by atoms with Crippen molar-refractivity contribution >= 4 is 39.2 Å². The molecular formula is C17H18BrClN2O3. The highest BCUT2D eigenvalue weighted by Gasteiger charge is 2.11. The lowest BCUT2D eigenvalue weighted by Crippen LogP contribution is -2.34. The molecule has 2 aromatic rings. The van der Waals surface area contributed by atoms with Crippen molar-refractivity contribution in [3.05, 3.63) is 52.0 Å². The lowest BCUT2D eigenvalue weighted by atomic mass is 10.3. The maximum Gasteiger partial charge on any atom is 0.321 e. The standard InChI is InChI=1S/C17H18BrClN2O3/c1-21(9-10-24-14-6-4-13(23-2)5-7-14)17(22)20-16-8-3-12(18)11-15(16)19/h3-8,11H,9-10H2,1-2H3,(H,20,22). The van der Waals surface area contributed by atoms with Gasteiger partial charge in [-0.05, 0) is 42.5 Å². The van der Waals surface area contributed by atoms with Gasteiger partial charge in [-0.3, -0.25) is 0 Å². The SMILES string of the molecule is COc1ccc(OCCN(C)C(=O)Nc2ccc(Br)cc2Cl)cc1. The Morgan fingerprint density at radius 3 is 2.50 bits per heavy atom. The minimum atomic E-state index is -0.252. The van der Waals surface area contributed by atoms with Crippen molar-refractivity contribution in [2.75, 3.05) is 32.6 Å². The van der Waals surface area contributed by atoms with Crippen molar-refractivity contribution in [3.63, 3.8) is 0 Å². The number of methoxy groups -OCH3 is 1. The van der Waals surface area contributed by atoms with Crippen LogP contribution in [0.3, 0.4) is 0 Å². The second-order valence-electron chi connectivity index (χ2n) is 5.00. The maximum atomic E-state index is 12.1. The summed E-state index contributed by atoms with van der Waals surface area (Å²) in [7, 11) is 3.31. The van der Waals surface area contributed by atoms with Gasteiger partial charge in [0.05, 0.1) is 24.4 Å². The highest BCUT2D eigenvalue weighted by molar-refractivity contribution is 9.10. The number of rotatable bonds is 6. The number of anilines is 1. The van der Waals surface area contributed by atoms with Crippen LogP contribution in [0.25, 0.3) is 0 Å². The molecule has 0 heterocycles. The molecular weight excluding hydrogens is 396 g/mol. The van der Waals surface area contributed by atoms with Crippen LogP contribution in [0.5, 0.6) is 11.5 Å². The monoisotopic (exact) mass is 412 g/mol. The third kappa shape index (κ3) is 5.32. The molecule has 2 rings (SSSR count). The summed E-state index contributed by atoms with van der Waals surface area (Å²) in [6, 6.07) is 12.3. The third-order valence-electron chi connectivity index (χ3n) is 3.27. The van der Waals surface area contributed by atoms with E-state index in [-0.39, 0.29) is 6.03 Å². The van der Waals surface area contributed by atoms with Gasteiger partial charge in [0, 0.05) is 11.5 Å². The molecule has 2 aromatic carbocycles. The summed E-state index contributed by atoms with van der Waals surface area (Å²) in [5.74, 6) is 1.49. The second kappa shape index (κ2) is 8.80. The molecule has 5 nitrogen and oxygen atoms in total. The fourth-order valence-electron chi connectivity index (χ4n) is 1.88. The number of urea groups is 1. The van der Waals surface area contributed by atoms with Gasteiger partial charge in [0.1, 0.15) is 18.1 Å². The van der Waals surface area contributed by atoms with Crippen LogP contribution in [0.1, 0.15) is 0 Å². The van der Waals surface area contributed by atoms with Crippen molar-refractivity contribution in [3.8, 4) is 11.5 Å². The summed E-state index contributed by atoms with van der Waals surface area (Å²) in [5, 5.41) is 3.24. The minimum Gasteiger partial charge on any atom is -0.497 e. The Bertz CT molecular complexity index is 695. The first-order valence-corrected chi connectivity index (χ1v) is 8.40. The van der Waals surface area contributed by atoms with Crippen LogP contribution in [0.2, 0.25) is 5.02 Å². The molecule has 0 saturated heterocycles. The summed E-state index contributed by atoms with van der Waals surface area (Å²) in [6.07, 6.45) is 0. The number of hydrogen-bond acceptors (Lipinski definition) is 3. The zero-order chi connectivity index (χ0) is 17.5. The van der Waals surface area contributed by atoms with Crippen LogP contribution in [-0.2, 0) is 0 Å². The molecule has 0 aliphatic heterocycles. The molecule has 0 unspecified atom stereocenters. The molecule has 0 aliphatic carbocycles. The quantitative estimate of drug-likeness (QED) is 0.750. The molecule has 0 bridgehead atoms. The van der Waals surface area contributed by atoms with E-state index in [9.17, 15) is 4.79 Å². The molecule has 128 valence electrons. The molecule has 2 amide bonds. The van der Waals surface area contributed by atoms with Gasteiger partial charge in [0.25, 0.3) is 0 Å². The number of amides is 2. The molecule has 0 saturated carbocycles. The number of halogens is 2. The average molecular weight is 414 g/mol. The van der Waals surface area contributed by atoms with Gasteiger partial charge in [0.2, 0.25) is 0 Å². The number of benzene rings is 2. The second-order valence-corrected chi connectivity index (χ2v) is 6.32. The highest BCUT2D eigenvalue weighted by Crippen LogP contribution is 2.25. The van der Waals surface area contributed by atoms with Gasteiger partial charge < -0.3 is 19.7 Å². The summed E-state index contributed by atoms with van der Waals surface area (Å²) in [6.45, 7) is 0.816. The summed E-state index contributed by atoms with van der Waals surface area (Å²) >= 11 is 9.41. The average Bonchev–Trinajstić information content (AvgIpc) is 2.57. The molecule has 0 radical (unpaired) electrons. The van der Waals surface area contributed by atoms with E-state index < -0.39 is 0 Å². The first-order chi connectivity index (χ1) is 11.5. The Labute approximate surface area is 154 Å². The number of nitrogens with zero attached hydrogens (tertiary/aromatic N) is 1. The van der Waals surface area contributed by atoms with Gasteiger partial charge in [-0.15, -0.1) is 0 Å². The van der Waals surface area contributed by atoms with Gasteiger partial charge in [-0.25, -0.2) is 4.79 Å². The minimum absolute atomic E-state index is 0.252. The van der Waals surface area contributed by atoms with Gasteiger partial charge in [0.15, 0.2) is 0 Å². The summed E-state index contributed by atoms with van der Waals surface area (Å²) in [5.41, 5.74) is 0.563. The molecule has 0 aliphatic rings. The van der Waals surface area contributed by atoms with Gasteiger partial charge in [-0.1, -0.05) is 27.5 Å². The van der Waals surface area contributed by atoms with Gasteiger partial charge in [-0.2, -0.15) is 0 Å². The molecule has 7 heteroatoms. The van der Waals surface area contributed by atoms with E-state index in [2.05, 4.69) is 21.2 Å². The van der Waals surface area contributed by atoms with Crippen LogP contribution in [0, 0.1) is 0 Å². The third-order valence-corrected chi connectivity index (χ3v) is 4.08. The molecule has 0 spiro atoms. The number of carbonyl (C=O) groups is 1. The Kier molecular flexibility index (Phi) is 6.75. The number of hydrogen-bond donors (Lipinski definition) is 1. The smallest absolute Gasteiger partial charge is 0.321 e. The molecule has 0 atom stereocenters. The Morgan fingerprint density at radius 1 is 1.21 bits per heavy atom. The Hall–Kier alpha value is -1.92. The van der Waals surface area contributed by atoms with Crippen molar-refractivity contribution in [2.45, 2.75) is 0 Å². The van der Waals surface area contributed by atoms with Crippen LogP contribution in [-0.4, -0.2) is 38.2 Å². The topological polar surface area (TPSA) is 50.8 Å². The molecule has 1 N–H and O–H groups in total. The van der Waals surface area contributed by atoms with Crippen LogP contribution in [0.15, 0.2) is 46.9 Å². The molecule has 0 fully saturated rings. The first kappa shape index (κ1) is 18.4. The Balaban J connectivity index is 1.80. The normalized spacial score (nSPS) is 10.2. The Morgan fingerprint density at radius 2 is 1.88 bits per heavy atom. The predicted octanol–water partition coefficient (Wildman–Crippen LogP) is 4.65. The number of nitrogens with one attached hydrogen (secondary N) is 1. The van der Waals surface area contributed by atoms with Crippen LogP contribution >= 0.6 is 27.5 Å². The predicted molar refractivity (Wildman–Crippen MR) is 99.3 cm³/mol. The van der Waals surface area contributed by atoms with E-state index in [0.29, 0.717) is 23.9 Å². The zero-order valence-corrected chi connectivity index (χ0v) is 15.7. The van der Waals surface area contributed by atoms with E-state index in [4.69, 9.17) is 21.1 Å². The highest BCUT2D eigenvalue weighted by atomic mass is 79.9. The van der Waals surface area contributed by atoms with E-state index in [0.717, 1.165) is 16.0 Å². The van der Waals surface area contributed by atoms with Crippen molar-refractivity contribution < 1.29 is 14.3 Å². The van der Waals surface area contributed by atoms with Crippen molar-refractivity contribution in [2.24, 2.45) is 0 Å². The zero-order valence-electron chi connectivity index (χ0n) is 13.4. The van der Waals surface area contributed by atoms with E-state index in [1.165, 1.54) is 4.90 Å². The van der Waals surface area contributed by atoms with Crippen LogP contribution < -0.4 is 14.8 Å². The van der Waals surface area contributed by atoms with E-state index >= 15 is 0 Å². The number of ether oxygens (including phenoxy) is 2. The van der Waals surface area contributed by atoms with Gasteiger partial charge >= 0.3 is 6.03 Å². The number of likely N-dealkylation sites (N-methyl/N-ethyl adjacent to an activating group) is 1. The maximum absolute atomic E-state index is 12.1. The molecule has 0 aromatic heterocycles. The van der Waals surface area contributed by atoms with Crippen molar-refractivity contribution in [1.29, 1.82) is 0 Å². The molecule has 24 heavy (non-hydrogen) atoms. The fraction of sp³-hybridized carbons (Fsp3) is 0.235. The lowest BCUT2D eigenvalue weighted by Gasteiger charge is -2.18. The van der Waals surface area contributed by atoms with Crippen LogP contribution in [0.4, 0.5) is 10.5 Å². The van der Waals surface area contributed by atoms with E-state index in [1.54, 1.807) is 26.3 Å². The lowest BCUT2D eigenvalue weighted by molar-refractivity contribution is 0.207. The summed E-state index contributed by atoms with van der Waals surface area (Å²) < 4.78 is 11.5. The summed E-state index contributed by atoms with van der Waals surface area (Å²) in [4.78, 5) is 13.7. The van der Waals surface area contributed by atoms with Crippen molar-refractivity contribution in [1.82, 2.24) is 4.90 Å². The number of carbonyl (C=O) groups excluding carboxylic acids is 1. The first-order valence-electron chi connectivity index (χ1n) is 7.23. The van der Waals surface area contributed by atoms with E-state index in [1.807, 2.05) is 30.3 Å². The largest absolute Gasteiger partial charge is 0.497 e. The fourth-order valence-corrected chi connectivity index (χ4v) is 2.60.